The second-order valence-corrected chi connectivity index (χ2v) is 6.35. The number of rotatable bonds is 7. The largest absolute Gasteiger partial charge is 0.376 e. The summed E-state index contributed by atoms with van der Waals surface area (Å²) in [4.78, 5) is 0. The third kappa shape index (κ3) is 6.96. The van der Waals surface area contributed by atoms with Crippen LogP contribution in [0.5, 0.6) is 0 Å². The molecule has 92 valence electrons. The van der Waals surface area contributed by atoms with Crippen LogP contribution in [0.1, 0.15) is 47.0 Å². The lowest BCUT2D eigenvalue weighted by molar-refractivity contribution is -0.0151. The van der Waals surface area contributed by atoms with Crippen LogP contribution in [0.4, 0.5) is 0 Å². The zero-order valence-corrected chi connectivity index (χ0v) is 13.6. The van der Waals surface area contributed by atoms with Gasteiger partial charge in [0.05, 0.1) is 5.60 Å². The molecular weight excluding hydrogens is 320 g/mol. The van der Waals surface area contributed by atoms with Gasteiger partial charge in [-0.05, 0) is 39.0 Å². The van der Waals surface area contributed by atoms with Crippen LogP contribution in [0, 0.1) is 5.41 Å². The van der Waals surface area contributed by atoms with Gasteiger partial charge < -0.3 is 4.74 Å². The molecule has 0 aromatic rings. The lowest BCUT2D eigenvalue weighted by atomic mass is 9.85. The van der Waals surface area contributed by atoms with Crippen LogP contribution >= 0.6 is 31.9 Å². The summed E-state index contributed by atoms with van der Waals surface area (Å²) in [5, 5.41) is 2.10. The molecule has 0 aromatic carbocycles. The van der Waals surface area contributed by atoms with Gasteiger partial charge >= 0.3 is 0 Å². The molecule has 0 unspecified atom stereocenters. The standard InChI is InChI=1S/C12H24Br2O/c1-5-6-12(9-13,10-14)7-8-15-11(2,3)4/h5-10H2,1-4H3. The van der Waals surface area contributed by atoms with Gasteiger partial charge in [0, 0.05) is 17.3 Å². The van der Waals surface area contributed by atoms with Gasteiger partial charge in [-0.1, -0.05) is 45.2 Å². The van der Waals surface area contributed by atoms with Gasteiger partial charge in [-0.15, -0.1) is 0 Å². The molecule has 0 aromatic heterocycles. The van der Waals surface area contributed by atoms with Crippen LogP contribution in [0.3, 0.4) is 0 Å². The molecule has 0 atom stereocenters. The first kappa shape index (κ1) is 15.9. The minimum atomic E-state index is -0.0173. The van der Waals surface area contributed by atoms with Crippen LogP contribution in [0.25, 0.3) is 0 Å². The summed E-state index contributed by atoms with van der Waals surface area (Å²) >= 11 is 7.26. The number of hydrogen-bond donors (Lipinski definition) is 0. The maximum absolute atomic E-state index is 5.79. The van der Waals surface area contributed by atoms with E-state index in [-0.39, 0.29) is 5.60 Å². The Labute approximate surface area is 112 Å². The number of alkyl halides is 2. The lowest BCUT2D eigenvalue weighted by Gasteiger charge is -2.31. The monoisotopic (exact) mass is 342 g/mol. The molecule has 0 heterocycles. The normalized spacial score (nSPS) is 13.2. The summed E-state index contributed by atoms with van der Waals surface area (Å²) in [7, 11) is 0. The van der Waals surface area contributed by atoms with Crippen LogP contribution in [0.2, 0.25) is 0 Å². The van der Waals surface area contributed by atoms with Gasteiger partial charge in [0.25, 0.3) is 0 Å². The molecule has 0 spiro atoms. The molecule has 0 aliphatic heterocycles. The van der Waals surface area contributed by atoms with Crippen LogP contribution < -0.4 is 0 Å². The Morgan fingerprint density at radius 1 is 1.00 bits per heavy atom. The topological polar surface area (TPSA) is 9.23 Å². The van der Waals surface area contributed by atoms with Crippen LogP contribution in [0.15, 0.2) is 0 Å². The highest BCUT2D eigenvalue weighted by atomic mass is 79.9. The summed E-state index contributed by atoms with van der Waals surface area (Å²) in [6, 6.07) is 0. The average Bonchev–Trinajstić information content (AvgIpc) is 2.14. The van der Waals surface area contributed by atoms with Crippen molar-refractivity contribution in [1.29, 1.82) is 0 Å². The summed E-state index contributed by atoms with van der Waals surface area (Å²) in [5.41, 5.74) is 0.344. The number of ether oxygens (including phenoxy) is 1. The fraction of sp³-hybridized carbons (Fsp3) is 1.00. The average molecular weight is 344 g/mol. The first-order valence-corrected chi connectivity index (χ1v) is 7.89. The molecule has 0 rings (SSSR count). The van der Waals surface area contributed by atoms with Gasteiger partial charge in [0.1, 0.15) is 0 Å². The quantitative estimate of drug-likeness (QED) is 0.605. The Kier molecular flexibility index (Phi) is 7.73. The molecule has 0 aliphatic rings. The van der Waals surface area contributed by atoms with E-state index < -0.39 is 0 Å². The molecule has 1 nitrogen and oxygen atoms in total. The number of halogens is 2. The Morgan fingerprint density at radius 3 is 1.87 bits per heavy atom. The first-order valence-electron chi connectivity index (χ1n) is 5.65. The van der Waals surface area contributed by atoms with E-state index in [4.69, 9.17) is 4.74 Å². The SMILES string of the molecule is CCCC(CBr)(CBr)CCOC(C)(C)C. The molecule has 15 heavy (non-hydrogen) atoms. The molecular formula is C12H24Br2O. The molecule has 0 aliphatic carbocycles. The van der Waals surface area contributed by atoms with Crippen molar-refractivity contribution in [1.82, 2.24) is 0 Å². The third-order valence-corrected chi connectivity index (χ3v) is 4.89. The van der Waals surface area contributed by atoms with E-state index in [1.807, 2.05) is 0 Å². The highest BCUT2D eigenvalue weighted by molar-refractivity contribution is 9.09. The third-order valence-electron chi connectivity index (χ3n) is 2.51. The smallest absolute Gasteiger partial charge is 0.0598 e. The van der Waals surface area contributed by atoms with Gasteiger partial charge in [0.2, 0.25) is 0 Å². The van der Waals surface area contributed by atoms with Crippen molar-refractivity contribution in [3.05, 3.63) is 0 Å². The van der Waals surface area contributed by atoms with E-state index >= 15 is 0 Å². The van der Waals surface area contributed by atoms with Crippen molar-refractivity contribution in [2.45, 2.75) is 52.6 Å². The van der Waals surface area contributed by atoms with Crippen molar-refractivity contribution in [2.75, 3.05) is 17.3 Å². The van der Waals surface area contributed by atoms with Crippen LogP contribution in [-0.4, -0.2) is 22.9 Å². The minimum Gasteiger partial charge on any atom is -0.376 e. The van der Waals surface area contributed by atoms with Gasteiger partial charge in [-0.25, -0.2) is 0 Å². The second-order valence-electron chi connectivity index (χ2n) is 5.23. The molecule has 0 saturated heterocycles. The molecule has 0 bridgehead atoms. The molecule has 0 fully saturated rings. The summed E-state index contributed by atoms with van der Waals surface area (Å²) in [6.07, 6.45) is 3.60. The first-order chi connectivity index (χ1) is 6.89. The van der Waals surface area contributed by atoms with Crippen LogP contribution in [-0.2, 0) is 4.74 Å². The minimum absolute atomic E-state index is 0.0173. The lowest BCUT2D eigenvalue weighted by Crippen LogP contribution is -2.29. The van der Waals surface area contributed by atoms with E-state index in [2.05, 4.69) is 59.6 Å². The fourth-order valence-electron chi connectivity index (χ4n) is 1.53. The van der Waals surface area contributed by atoms with Gasteiger partial charge in [-0.3, -0.25) is 0 Å². The molecule has 0 radical (unpaired) electrons. The number of hydrogen-bond acceptors (Lipinski definition) is 1. The van der Waals surface area contributed by atoms with Gasteiger partial charge in [0.15, 0.2) is 0 Å². The van der Waals surface area contributed by atoms with E-state index in [0.29, 0.717) is 5.41 Å². The van der Waals surface area contributed by atoms with Gasteiger partial charge in [-0.2, -0.15) is 0 Å². The zero-order chi connectivity index (χ0) is 11.9. The van der Waals surface area contributed by atoms with Crippen molar-refractivity contribution in [2.24, 2.45) is 5.41 Å². The Bertz CT molecular complexity index is 159. The van der Waals surface area contributed by atoms with E-state index in [0.717, 1.165) is 23.7 Å². The maximum atomic E-state index is 5.79. The van der Waals surface area contributed by atoms with E-state index in [9.17, 15) is 0 Å². The Morgan fingerprint density at radius 2 is 1.53 bits per heavy atom. The Balaban J connectivity index is 4.06. The zero-order valence-electron chi connectivity index (χ0n) is 10.4. The summed E-state index contributed by atoms with van der Waals surface area (Å²) < 4.78 is 5.79. The maximum Gasteiger partial charge on any atom is 0.0598 e. The Hall–Kier alpha value is 0.920. The summed E-state index contributed by atoms with van der Waals surface area (Å²) in [6.45, 7) is 9.41. The van der Waals surface area contributed by atoms with E-state index in [1.165, 1.54) is 12.8 Å². The molecule has 0 N–H and O–H groups in total. The highest BCUT2D eigenvalue weighted by Gasteiger charge is 2.27. The highest BCUT2D eigenvalue weighted by Crippen LogP contribution is 2.33. The van der Waals surface area contributed by atoms with Crippen molar-refractivity contribution in [3.8, 4) is 0 Å². The molecule has 0 amide bonds. The second kappa shape index (κ2) is 7.29. The fourth-order valence-corrected chi connectivity index (χ4v) is 3.58. The predicted octanol–water partition coefficient (Wildman–Crippen LogP) is 4.77. The predicted molar refractivity (Wildman–Crippen MR) is 75.3 cm³/mol. The van der Waals surface area contributed by atoms with Crippen molar-refractivity contribution >= 4 is 31.9 Å². The molecule has 3 heteroatoms. The van der Waals surface area contributed by atoms with Crippen molar-refractivity contribution < 1.29 is 4.74 Å². The molecule has 0 saturated carbocycles. The van der Waals surface area contributed by atoms with Crippen molar-refractivity contribution in [3.63, 3.8) is 0 Å². The van der Waals surface area contributed by atoms with E-state index in [1.54, 1.807) is 0 Å². The summed E-state index contributed by atoms with van der Waals surface area (Å²) in [5.74, 6) is 0.